The SMILES string of the molecule is CCC(C)(C)C(=O)OC1(C(C)(C)C)CCCC1.CCC(C)(C)C(=O)OC12CC3CC(CC(O)(C3)C1)C2.CCC(C)(C)C(=O)OC1C2CC3C(=O)OC1C3O2.CCC(C)(C)C(=O)OC1CCOC1=O. The molecule has 68 heavy (non-hydrogen) atoms. The Morgan fingerprint density at radius 3 is 1.57 bits per heavy atom. The highest BCUT2D eigenvalue weighted by Crippen LogP contribution is 2.59. The second kappa shape index (κ2) is 20.5. The summed E-state index contributed by atoms with van der Waals surface area (Å²) in [4.78, 5) is 70.9. The Kier molecular flexibility index (Phi) is 16.7. The van der Waals surface area contributed by atoms with Gasteiger partial charge in [0.2, 0.25) is 6.10 Å². The fraction of sp³-hybridized carbons (Fsp3) is 0.889. The molecule has 4 heterocycles. The number of rotatable bonds is 12. The zero-order chi connectivity index (χ0) is 51.1. The maximum absolute atomic E-state index is 12.4. The van der Waals surface area contributed by atoms with Gasteiger partial charge in [0, 0.05) is 18.3 Å². The highest BCUT2D eigenvalue weighted by atomic mass is 16.7. The first-order valence-corrected chi connectivity index (χ1v) is 26.0. The molecule has 0 aromatic rings. The zero-order valence-corrected chi connectivity index (χ0v) is 44.4. The van der Waals surface area contributed by atoms with Gasteiger partial charge in [0.05, 0.1) is 45.9 Å². The minimum absolute atomic E-state index is 0.0307. The van der Waals surface area contributed by atoms with Gasteiger partial charge in [-0.15, -0.1) is 0 Å². The van der Waals surface area contributed by atoms with Crippen molar-refractivity contribution in [3.63, 3.8) is 0 Å². The summed E-state index contributed by atoms with van der Waals surface area (Å²) in [6.45, 7) is 30.0. The standard InChI is InChI=1S/C16H26O3.C15H28O2.C13H18O5.C10H16O4/c1-4-14(2,3)13(17)19-16-8-11-5-12(9-16)7-15(18,6-11)10-16;1-7-14(5,6)12(16)17-15(13(2,3)4)10-8-9-11-15;1-4-13(2,3)12(15)18-9-7-5-6-8(16-7)10(9)17-11(6)14;1-4-10(2,3)9(12)14-7-5-6-13-8(7)11/h11-12,18H,4-10H2,1-3H3;7-11H2,1-6H3;6-10H,4-5H2,1-3H3;7H,4-6H2,1-3H3. The van der Waals surface area contributed by atoms with Crippen molar-refractivity contribution in [2.75, 3.05) is 6.61 Å². The van der Waals surface area contributed by atoms with Gasteiger partial charge in [-0.25, -0.2) is 4.79 Å². The number of cyclic esters (lactones) is 1. The van der Waals surface area contributed by atoms with Crippen LogP contribution in [0.3, 0.4) is 0 Å². The summed E-state index contributed by atoms with van der Waals surface area (Å²) in [7, 11) is 0. The summed E-state index contributed by atoms with van der Waals surface area (Å²) < 4.78 is 38.2. The molecule has 9 rings (SSSR count). The maximum Gasteiger partial charge on any atom is 0.347 e. The molecule has 14 heteroatoms. The molecular weight excluding hydrogens is 873 g/mol. The van der Waals surface area contributed by atoms with E-state index in [4.69, 9.17) is 33.2 Å². The van der Waals surface area contributed by atoms with E-state index >= 15 is 0 Å². The lowest BCUT2D eigenvalue weighted by Crippen LogP contribution is -2.61. The van der Waals surface area contributed by atoms with E-state index in [1.54, 1.807) is 13.8 Å². The quantitative estimate of drug-likeness (QED) is 0.144. The van der Waals surface area contributed by atoms with Crippen LogP contribution in [0.1, 0.15) is 207 Å². The Hall–Kier alpha value is -3.26. The largest absolute Gasteiger partial charge is 0.463 e. The summed E-state index contributed by atoms with van der Waals surface area (Å²) in [5.74, 6) is -0.348. The Labute approximate surface area is 407 Å². The predicted octanol–water partition coefficient (Wildman–Crippen LogP) is 9.70. The third kappa shape index (κ3) is 12.1. The molecule has 14 nitrogen and oxygen atoms in total. The van der Waals surface area contributed by atoms with Crippen molar-refractivity contribution >= 4 is 35.8 Å². The van der Waals surface area contributed by atoms with Crippen molar-refractivity contribution in [1.29, 1.82) is 0 Å². The average molecular weight is 961 g/mol. The van der Waals surface area contributed by atoms with E-state index in [0.29, 0.717) is 50.5 Å². The van der Waals surface area contributed by atoms with Crippen molar-refractivity contribution in [3.05, 3.63) is 0 Å². The lowest BCUT2D eigenvalue weighted by molar-refractivity contribution is -0.225. The molecule has 0 spiro atoms. The molecule has 5 aliphatic carbocycles. The number of carbonyl (C=O) groups excluding carboxylic acids is 6. The number of ether oxygens (including phenoxy) is 7. The Balaban J connectivity index is 0.000000171. The van der Waals surface area contributed by atoms with Gasteiger partial charge in [0.25, 0.3) is 0 Å². The summed E-state index contributed by atoms with van der Waals surface area (Å²) >= 11 is 0. The molecule has 0 aromatic heterocycles. The van der Waals surface area contributed by atoms with E-state index in [9.17, 15) is 33.9 Å². The van der Waals surface area contributed by atoms with E-state index in [1.807, 2.05) is 69.2 Å². The van der Waals surface area contributed by atoms with Gasteiger partial charge in [0.15, 0.2) is 12.2 Å². The van der Waals surface area contributed by atoms with Crippen LogP contribution < -0.4 is 0 Å². The summed E-state index contributed by atoms with van der Waals surface area (Å²) in [5, 5.41) is 10.6. The third-order valence-electron chi connectivity index (χ3n) is 17.3. The minimum atomic E-state index is -0.687. The molecule has 4 aliphatic heterocycles. The van der Waals surface area contributed by atoms with Gasteiger partial charge < -0.3 is 38.3 Å². The molecule has 6 bridgehead atoms. The number of hydrogen-bond acceptors (Lipinski definition) is 14. The highest BCUT2D eigenvalue weighted by Gasteiger charge is 2.65. The molecule has 9 aliphatic rings. The van der Waals surface area contributed by atoms with Crippen molar-refractivity contribution in [2.24, 2.45) is 44.8 Å². The van der Waals surface area contributed by atoms with E-state index in [-0.39, 0.29) is 70.0 Å². The molecule has 8 unspecified atom stereocenters. The van der Waals surface area contributed by atoms with Crippen LogP contribution in [0, 0.1) is 44.8 Å². The predicted molar refractivity (Wildman–Crippen MR) is 253 cm³/mol. The van der Waals surface area contributed by atoms with Crippen LogP contribution in [0.15, 0.2) is 0 Å². The second-order valence-electron chi connectivity index (χ2n) is 25.2. The van der Waals surface area contributed by atoms with Gasteiger partial charge in [-0.3, -0.25) is 24.0 Å². The lowest BCUT2D eigenvalue weighted by Gasteiger charge is -2.59. The Bertz CT molecular complexity index is 1830. The Morgan fingerprint density at radius 1 is 0.632 bits per heavy atom. The van der Waals surface area contributed by atoms with Gasteiger partial charge in [-0.2, -0.15) is 0 Å². The normalized spacial score (nSPS) is 32.9. The zero-order valence-electron chi connectivity index (χ0n) is 44.4. The van der Waals surface area contributed by atoms with Crippen LogP contribution in [0.25, 0.3) is 0 Å². The van der Waals surface area contributed by atoms with Crippen LogP contribution in [-0.2, 0) is 61.9 Å². The minimum Gasteiger partial charge on any atom is -0.463 e. The van der Waals surface area contributed by atoms with Crippen LogP contribution in [0.5, 0.6) is 0 Å². The van der Waals surface area contributed by atoms with E-state index < -0.39 is 46.1 Å². The van der Waals surface area contributed by atoms with Gasteiger partial charge >= 0.3 is 35.8 Å². The fourth-order valence-corrected chi connectivity index (χ4v) is 11.0. The molecule has 0 aromatic carbocycles. The van der Waals surface area contributed by atoms with E-state index in [2.05, 4.69) is 20.8 Å². The van der Waals surface area contributed by atoms with Crippen LogP contribution in [0.4, 0.5) is 0 Å². The summed E-state index contributed by atoms with van der Waals surface area (Å²) in [6, 6.07) is 0. The number of aliphatic hydroxyl groups is 1. The van der Waals surface area contributed by atoms with Gasteiger partial charge in [-0.1, -0.05) is 48.5 Å². The molecule has 0 amide bonds. The first-order chi connectivity index (χ1) is 31.3. The molecule has 4 saturated heterocycles. The monoisotopic (exact) mass is 961 g/mol. The average Bonchev–Trinajstić information content (AvgIpc) is 4.09. The van der Waals surface area contributed by atoms with Crippen molar-refractivity contribution in [2.45, 2.75) is 254 Å². The summed E-state index contributed by atoms with van der Waals surface area (Å²) in [5.41, 5.74) is -2.93. The number of hydrogen-bond donors (Lipinski definition) is 1. The first-order valence-electron chi connectivity index (χ1n) is 26.0. The Morgan fingerprint density at radius 2 is 1.12 bits per heavy atom. The molecule has 1 N–H and O–H groups in total. The smallest absolute Gasteiger partial charge is 0.347 e. The molecule has 0 radical (unpaired) electrons. The van der Waals surface area contributed by atoms with Crippen molar-refractivity contribution in [1.82, 2.24) is 0 Å². The number of fused-ring (bicyclic) bond motifs is 1. The summed E-state index contributed by atoms with van der Waals surface area (Å²) in [6.07, 6.45) is 12.3. The van der Waals surface area contributed by atoms with Crippen LogP contribution >= 0.6 is 0 Å². The fourth-order valence-electron chi connectivity index (χ4n) is 11.0. The van der Waals surface area contributed by atoms with Gasteiger partial charge in [-0.05, 0) is 157 Å². The molecular formula is C54H88O14. The molecule has 9 fully saturated rings. The van der Waals surface area contributed by atoms with Crippen LogP contribution in [0.2, 0.25) is 0 Å². The number of carbonyl (C=O) groups is 6. The lowest BCUT2D eigenvalue weighted by atomic mass is 9.52. The topological polar surface area (TPSA) is 187 Å². The highest BCUT2D eigenvalue weighted by molar-refractivity contribution is 5.83. The third-order valence-corrected chi connectivity index (χ3v) is 17.3. The van der Waals surface area contributed by atoms with Gasteiger partial charge in [0.1, 0.15) is 17.3 Å². The van der Waals surface area contributed by atoms with Crippen molar-refractivity contribution < 1.29 is 67.0 Å². The first kappa shape index (κ1) is 55.7. The molecule has 388 valence electrons. The van der Waals surface area contributed by atoms with Crippen molar-refractivity contribution in [3.8, 4) is 0 Å². The van der Waals surface area contributed by atoms with E-state index in [1.165, 1.54) is 19.3 Å². The molecule has 8 atom stereocenters. The van der Waals surface area contributed by atoms with E-state index in [0.717, 1.165) is 51.4 Å². The maximum atomic E-state index is 12.4. The van der Waals surface area contributed by atoms with Crippen LogP contribution in [-0.4, -0.2) is 94.9 Å². The molecule has 5 saturated carbocycles. The second-order valence-corrected chi connectivity index (χ2v) is 25.2. The number of esters is 6.